The predicted molar refractivity (Wildman–Crippen MR) is 111 cm³/mol. The fourth-order valence-corrected chi connectivity index (χ4v) is 4.79. The molecule has 0 saturated carbocycles. The van der Waals surface area contributed by atoms with Crippen LogP contribution in [0, 0.1) is 0 Å². The first-order chi connectivity index (χ1) is 14.6. The summed E-state index contributed by atoms with van der Waals surface area (Å²) in [5.41, 5.74) is -0.978. The zero-order valence-corrected chi connectivity index (χ0v) is 17.8. The summed E-state index contributed by atoms with van der Waals surface area (Å²) in [5.74, 6) is -0.453. The zero-order valence-electron chi connectivity index (χ0n) is 16.9. The summed E-state index contributed by atoms with van der Waals surface area (Å²) in [6, 6.07) is 9.66. The van der Waals surface area contributed by atoms with Gasteiger partial charge in [-0.05, 0) is 56.3 Å². The van der Waals surface area contributed by atoms with E-state index in [1.165, 1.54) is 18.2 Å². The molecule has 3 rings (SSSR count). The number of sulfonamides is 1. The molecule has 1 aliphatic rings. The molecule has 0 aliphatic carbocycles. The lowest BCUT2D eigenvalue weighted by atomic mass is 10.1. The molecule has 1 fully saturated rings. The van der Waals surface area contributed by atoms with Crippen LogP contribution in [0.4, 0.5) is 18.9 Å². The minimum Gasteiger partial charge on any atom is -0.350 e. The highest BCUT2D eigenvalue weighted by molar-refractivity contribution is 7.92. The van der Waals surface area contributed by atoms with Gasteiger partial charge in [0.2, 0.25) is 0 Å². The first-order valence-corrected chi connectivity index (χ1v) is 11.4. The molecule has 2 N–H and O–H groups in total. The number of carbonyl (C=O) groups is 1. The highest BCUT2D eigenvalue weighted by atomic mass is 32.2. The minimum atomic E-state index is -4.67. The lowest BCUT2D eigenvalue weighted by Gasteiger charge is -2.23. The van der Waals surface area contributed by atoms with E-state index >= 15 is 0 Å². The molecule has 1 unspecified atom stereocenters. The van der Waals surface area contributed by atoms with Gasteiger partial charge in [0.05, 0.1) is 21.7 Å². The van der Waals surface area contributed by atoms with Crippen LogP contribution < -0.4 is 10.0 Å². The average Bonchev–Trinajstić information content (AvgIpc) is 3.19. The lowest BCUT2D eigenvalue weighted by Crippen LogP contribution is -2.40. The SMILES string of the molecule is CCN1CCCC1CNC(=O)c1ccccc1NS(=O)(=O)c1cccc(C(F)(F)F)c1. The molecule has 6 nitrogen and oxygen atoms in total. The summed E-state index contributed by atoms with van der Waals surface area (Å²) in [5, 5.41) is 2.84. The largest absolute Gasteiger partial charge is 0.416 e. The molecule has 10 heteroatoms. The minimum absolute atomic E-state index is 0.00354. The summed E-state index contributed by atoms with van der Waals surface area (Å²) < 4.78 is 66.5. The number of para-hydroxylation sites is 1. The number of likely N-dealkylation sites (N-methyl/N-ethyl adjacent to an activating group) is 1. The third kappa shape index (κ3) is 5.56. The van der Waals surface area contributed by atoms with Crippen molar-refractivity contribution in [3.63, 3.8) is 0 Å². The van der Waals surface area contributed by atoms with Crippen molar-refractivity contribution in [2.75, 3.05) is 24.4 Å². The molecular weight excluding hydrogens is 431 g/mol. The quantitative estimate of drug-likeness (QED) is 0.667. The lowest BCUT2D eigenvalue weighted by molar-refractivity contribution is -0.137. The second kappa shape index (κ2) is 9.27. The number of benzene rings is 2. The number of hydrogen-bond donors (Lipinski definition) is 2. The van der Waals surface area contributed by atoms with E-state index in [9.17, 15) is 26.4 Å². The maximum Gasteiger partial charge on any atom is 0.416 e. The number of carbonyl (C=O) groups excluding carboxylic acids is 1. The van der Waals surface area contributed by atoms with Crippen molar-refractivity contribution in [1.29, 1.82) is 0 Å². The first kappa shape index (κ1) is 23.1. The molecule has 0 bridgehead atoms. The number of nitrogens with zero attached hydrogens (tertiary/aromatic N) is 1. The van der Waals surface area contributed by atoms with E-state index in [2.05, 4.69) is 21.9 Å². The number of alkyl halides is 3. The van der Waals surface area contributed by atoms with Crippen molar-refractivity contribution in [2.45, 2.75) is 36.9 Å². The molecule has 1 saturated heterocycles. The van der Waals surface area contributed by atoms with E-state index < -0.39 is 32.6 Å². The number of hydrogen-bond acceptors (Lipinski definition) is 4. The summed E-state index contributed by atoms with van der Waals surface area (Å²) in [6.45, 7) is 4.34. The van der Waals surface area contributed by atoms with E-state index in [1.807, 2.05) is 0 Å². The van der Waals surface area contributed by atoms with Gasteiger partial charge in [-0.25, -0.2) is 8.42 Å². The number of amides is 1. The van der Waals surface area contributed by atoms with Crippen LogP contribution in [0.15, 0.2) is 53.4 Å². The van der Waals surface area contributed by atoms with Crippen molar-refractivity contribution in [3.8, 4) is 0 Å². The van der Waals surface area contributed by atoms with E-state index in [0.29, 0.717) is 12.6 Å². The Morgan fingerprint density at radius 3 is 2.61 bits per heavy atom. The molecule has 1 aliphatic heterocycles. The molecular formula is C21H24F3N3O3S. The van der Waals surface area contributed by atoms with Crippen LogP contribution in [0.3, 0.4) is 0 Å². The fraction of sp³-hybridized carbons (Fsp3) is 0.381. The summed E-state index contributed by atoms with van der Waals surface area (Å²) in [7, 11) is -4.33. The molecule has 2 aromatic carbocycles. The maximum atomic E-state index is 12.9. The van der Waals surface area contributed by atoms with Gasteiger partial charge < -0.3 is 5.32 Å². The van der Waals surface area contributed by atoms with Gasteiger partial charge in [-0.1, -0.05) is 25.1 Å². The zero-order chi connectivity index (χ0) is 22.6. The van der Waals surface area contributed by atoms with Crippen molar-refractivity contribution in [1.82, 2.24) is 10.2 Å². The normalized spacial score (nSPS) is 17.5. The van der Waals surface area contributed by atoms with Crippen molar-refractivity contribution < 1.29 is 26.4 Å². The molecule has 31 heavy (non-hydrogen) atoms. The van der Waals surface area contributed by atoms with E-state index in [1.54, 1.807) is 6.07 Å². The Labute approximate surface area is 179 Å². The third-order valence-electron chi connectivity index (χ3n) is 5.29. The number of rotatable bonds is 7. The maximum absolute atomic E-state index is 12.9. The van der Waals surface area contributed by atoms with Gasteiger partial charge in [0, 0.05) is 12.6 Å². The monoisotopic (exact) mass is 455 g/mol. The molecule has 0 aromatic heterocycles. The second-order valence-corrected chi connectivity index (χ2v) is 8.99. The van der Waals surface area contributed by atoms with Gasteiger partial charge >= 0.3 is 6.18 Å². The van der Waals surface area contributed by atoms with Crippen LogP contribution in [0.25, 0.3) is 0 Å². The molecule has 168 valence electrons. The van der Waals surface area contributed by atoms with E-state index in [4.69, 9.17) is 0 Å². The van der Waals surface area contributed by atoms with Crippen LogP contribution >= 0.6 is 0 Å². The van der Waals surface area contributed by atoms with E-state index in [0.717, 1.165) is 44.1 Å². The summed E-state index contributed by atoms with van der Waals surface area (Å²) in [4.78, 5) is 14.4. The standard InChI is InChI=1S/C21H24F3N3O3S/c1-2-27-12-6-8-16(27)14-25-20(28)18-10-3-4-11-19(18)26-31(29,30)17-9-5-7-15(13-17)21(22,23)24/h3-5,7,9-11,13,16,26H,2,6,8,12,14H2,1H3,(H,25,28). The molecule has 0 radical (unpaired) electrons. The van der Waals surface area contributed by atoms with Crippen molar-refractivity contribution in [2.24, 2.45) is 0 Å². The Morgan fingerprint density at radius 1 is 1.16 bits per heavy atom. The topological polar surface area (TPSA) is 78.5 Å². The Balaban J connectivity index is 1.78. The molecule has 0 spiro atoms. The van der Waals surface area contributed by atoms with Crippen LogP contribution in [-0.4, -0.2) is 44.9 Å². The van der Waals surface area contributed by atoms with Crippen molar-refractivity contribution >= 4 is 21.6 Å². The molecule has 1 amide bonds. The molecule has 1 heterocycles. The average molecular weight is 456 g/mol. The smallest absolute Gasteiger partial charge is 0.350 e. The Kier molecular flexibility index (Phi) is 6.90. The second-order valence-electron chi connectivity index (χ2n) is 7.31. The van der Waals surface area contributed by atoms with Gasteiger partial charge in [-0.15, -0.1) is 0 Å². The highest BCUT2D eigenvalue weighted by Gasteiger charge is 2.32. The molecule has 1 atom stereocenters. The van der Waals surface area contributed by atoms with Crippen LogP contribution in [-0.2, 0) is 16.2 Å². The highest BCUT2D eigenvalue weighted by Crippen LogP contribution is 2.31. The number of anilines is 1. The predicted octanol–water partition coefficient (Wildman–Crippen LogP) is 3.72. The van der Waals surface area contributed by atoms with Gasteiger partial charge in [0.25, 0.3) is 15.9 Å². The Bertz CT molecular complexity index is 1040. The summed E-state index contributed by atoms with van der Waals surface area (Å²) in [6.07, 6.45) is -2.64. The van der Waals surface area contributed by atoms with Gasteiger partial charge in [-0.3, -0.25) is 14.4 Å². The number of likely N-dealkylation sites (tertiary alicyclic amines) is 1. The van der Waals surface area contributed by atoms with E-state index in [-0.39, 0.29) is 17.3 Å². The van der Waals surface area contributed by atoms with Crippen LogP contribution in [0.5, 0.6) is 0 Å². The van der Waals surface area contributed by atoms with Crippen LogP contribution in [0.1, 0.15) is 35.7 Å². The van der Waals surface area contributed by atoms with Gasteiger partial charge in [0.15, 0.2) is 0 Å². The van der Waals surface area contributed by atoms with Gasteiger partial charge in [0.1, 0.15) is 0 Å². The first-order valence-electron chi connectivity index (χ1n) is 9.93. The molecule has 2 aromatic rings. The summed E-state index contributed by atoms with van der Waals surface area (Å²) >= 11 is 0. The number of halogens is 3. The van der Waals surface area contributed by atoms with Gasteiger partial charge in [-0.2, -0.15) is 13.2 Å². The fourth-order valence-electron chi connectivity index (χ4n) is 3.66. The van der Waals surface area contributed by atoms with Crippen molar-refractivity contribution in [3.05, 3.63) is 59.7 Å². The van der Waals surface area contributed by atoms with Crippen LogP contribution in [0.2, 0.25) is 0 Å². The number of nitrogens with one attached hydrogen (secondary N) is 2. The Hall–Kier alpha value is -2.59. The third-order valence-corrected chi connectivity index (χ3v) is 6.65. The Morgan fingerprint density at radius 2 is 1.90 bits per heavy atom.